The van der Waals surface area contributed by atoms with Crippen LogP contribution in [0.25, 0.3) is 88.3 Å². The first-order chi connectivity index (χ1) is 27.3. The van der Waals surface area contributed by atoms with Gasteiger partial charge in [-0.3, -0.25) is 4.98 Å². The van der Waals surface area contributed by atoms with Crippen molar-refractivity contribution in [3.05, 3.63) is 217 Å². The van der Waals surface area contributed by atoms with E-state index in [-0.39, 0.29) is 0 Å². The summed E-state index contributed by atoms with van der Waals surface area (Å²) in [6.45, 7) is 0. The molecule has 12 rings (SSSR count). The van der Waals surface area contributed by atoms with E-state index < -0.39 is 5.41 Å². The van der Waals surface area contributed by atoms with Gasteiger partial charge in [-0.2, -0.15) is 0 Å². The van der Waals surface area contributed by atoms with Gasteiger partial charge in [-0.25, -0.2) is 4.98 Å². The van der Waals surface area contributed by atoms with E-state index in [4.69, 9.17) is 4.98 Å². The van der Waals surface area contributed by atoms with Crippen LogP contribution >= 0.6 is 0 Å². The Hall–Kier alpha value is -7.16. The summed E-state index contributed by atoms with van der Waals surface area (Å²) in [4.78, 5) is 9.66. The lowest BCUT2D eigenvalue weighted by molar-refractivity contribution is 0.809. The predicted octanol–water partition coefficient (Wildman–Crippen LogP) is 13.3. The molecule has 0 fully saturated rings. The van der Waals surface area contributed by atoms with E-state index >= 15 is 0 Å². The molecule has 8 aromatic carbocycles. The van der Waals surface area contributed by atoms with Gasteiger partial charge in [0.15, 0.2) is 0 Å². The average molecular weight is 697 g/mol. The zero-order valence-corrected chi connectivity index (χ0v) is 29.9. The first-order valence-corrected chi connectivity index (χ1v) is 19.0. The number of hydrogen-bond donors (Lipinski definition) is 0. The second-order valence-electron chi connectivity index (χ2n) is 14.8. The molecule has 2 aromatic heterocycles. The zero-order valence-electron chi connectivity index (χ0n) is 29.9. The Morgan fingerprint density at radius 2 is 0.873 bits per heavy atom. The molecule has 1 spiro atoms. The predicted molar refractivity (Wildman–Crippen MR) is 227 cm³/mol. The van der Waals surface area contributed by atoms with E-state index in [1.54, 1.807) is 0 Å². The number of hydrogen-bond acceptors (Lipinski definition) is 2. The molecule has 0 bridgehead atoms. The highest BCUT2D eigenvalue weighted by Gasteiger charge is 2.54. The van der Waals surface area contributed by atoms with E-state index in [1.165, 1.54) is 88.0 Å². The molecular formula is C53H32N2. The van der Waals surface area contributed by atoms with Crippen molar-refractivity contribution in [1.29, 1.82) is 0 Å². The Morgan fingerprint density at radius 3 is 1.60 bits per heavy atom. The highest BCUT2D eigenvalue weighted by atomic mass is 14.8. The number of benzene rings is 8. The van der Waals surface area contributed by atoms with Crippen LogP contribution in [-0.2, 0) is 5.41 Å². The molecular weight excluding hydrogens is 665 g/mol. The molecule has 2 aliphatic carbocycles. The fourth-order valence-corrected chi connectivity index (χ4v) is 10.0. The molecule has 0 atom stereocenters. The Labute approximate surface area is 319 Å². The molecule has 0 unspecified atom stereocenters. The standard InChI is InChI=1S/C53H32N2/c1-4-22-40-35(17-1)36-18-2-6-24-42(36)52-50(40)44-32-43(33-15-13-16-34(31-33)47-28-14-29-49(55-47)48-27-11-12-30-54-48)37-19-3-5-23-41(37)51(44)53(52)45-25-9-7-20-38(45)39-21-8-10-26-46(39)53/h1-32H. The number of nitrogens with zero attached hydrogens (tertiary/aromatic N) is 2. The maximum atomic E-state index is 5.09. The zero-order chi connectivity index (χ0) is 36.1. The lowest BCUT2D eigenvalue weighted by Gasteiger charge is -2.33. The monoisotopic (exact) mass is 696 g/mol. The Morgan fingerprint density at radius 1 is 0.327 bits per heavy atom. The molecule has 0 N–H and O–H groups in total. The van der Waals surface area contributed by atoms with E-state index in [2.05, 4.69) is 169 Å². The van der Waals surface area contributed by atoms with Crippen molar-refractivity contribution in [3.63, 3.8) is 0 Å². The minimum Gasteiger partial charge on any atom is -0.255 e. The fraction of sp³-hybridized carbons (Fsp3) is 0.0189. The molecule has 0 saturated carbocycles. The van der Waals surface area contributed by atoms with Gasteiger partial charge >= 0.3 is 0 Å². The summed E-state index contributed by atoms with van der Waals surface area (Å²) in [5.74, 6) is 0. The fourth-order valence-electron chi connectivity index (χ4n) is 10.0. The summed E-state index contributed by atoms with van der Waals surface area (Å²) in [6.07, 6.45) is 1.82. The van der Waals surface area contributed by atoms with Crippen LogP contribution in [0.5, 0.6) is 0 Å². The van der Waals surface area contributed by atoms with Gasteiger partial charge in [0.1, 0.15) is 0 Å². The molecule has 0 amide bonds. The third-order valence-electron chi connectivity index (χ3n) is 12.1. The highest BCUT2D eigenvalue weighted by molar-refractivity contribution is 6.22. The summed E-state index contributed by atoms with van der Waals surface area (Å²) in [6, 6.07) is 69.0. The lowest BCUT2D eigenvalue weighted by Crippen LogP contribution is -2.26. The minimum absolute atomic E-state index is 0.503. The smallest absolute Gasteiger partial charge is 0.0893 e. The summed E-state index contributed by atoms with van der Waals surface area (Å²) < 4.78 is 0. The van der Waals surface area contributed by atoms with Gasteiger partial charge in [-0.05, 0) is 124 Å². The van der Waals surface area contributed by atoms with Crippen molar-refractivity contribution < 1.29 is 0 Å². The van der Waals surface area contributed by atoms with E-state index in [9.17, 15) is 0 Å². The number of pyridine rings is 2. The lowest BCUT2D eigenvalue weighted by atomic mass is 9.68. The van der Waals surface area contributed by atoms with Gasteiger partial charge in [0.2, 0.25) is 0 Å². The molecule has 55 heavy (non-hydrogen) atoms. The van der Waals surface area contributed by atoms with E-state index in [1.807, 2.05) is 30.5 Å². The third kappa shape index (κ3) is 4.08. The normalized spacial score (nSPS) is 13.2. The van der Waals surface area contributed by atoms with Crippen molar-refractivity contribution in [2.24, 2.45) is 0 Å². The van der Waals surface area contributed by atoms with Gasteiger partial charge in [0.05, 0.1) is 22.5 Å². The summed E-state index contributed by atoms with van der Waals surface area (Å²) >= 11 is 0. The molecule has 2 nitrogen and oxygen atoms in total. The van der Waals surface area contributed by atoms with Crippen LogP contribution in [0.15, 0.2) is 194 Å². The molecule has 0 saturated heterocycles. The van der Waals surface area contributed by atoms with Crippen molar-refractivity contribution in [2.45, 2.75) is 5.41 Å². The van der Waals surface area contributed by atoms with Crippen LogP contribution in [-0.4, -0.2) is 9.97 Å². The van der Waals surface area contributed by atoms with E-state index in [0.717, 1.165) is 22.6 Å². The molecule has 2 heteroatoms. The molecule has 254 valence electrons. The van der Waals surface area contributed by atoms with Gasteiger partial charge in [-0.15, -0.1) is 0 Å². The van der Waals surface area contributed by atoms with Crippen molar-refractivity contribution >= 4 is 32.3 Å². The molecule has 0 aliphatic heterocycles. The first kappa shape index (κ1) is 30.3. The van der Waals surface area contributed by atoms with Gasteiger partial charge in [0.25, 0.3) is 0 Å². The molecule has 0 radical (unpaired) electrons. The van der Waals surface area contributed by atoms with Crippen molar-refractivity contribution in [3.8, 4) is 56.0 Å². The summed E-state index contributed by atoms with van der Waals surface area (Å²) in [5.41, 5.74) is 16.4. The van der Waals surface area contributed by atoms with Crippen LogP contribution in [0.2, 0.25) is 0 Å². The van der Waals surface area contributed by atoms with Gasteiger partial charge in [0, 0.05) is 11.8 Å². The largest absolute Gasteiger partial charge is 0.255 e. The molecule has 2 heterocycles. The topological polar surface area (TPSA) is 25.8 Å². The van der Waals surface area contributed by atoms with Gasteiger partial charge < -0.3 is 0 Å². The van der Waals surface area contributed by atoms with Crippen molar-refractivity contribution in [2.75, 3.05) is 0 Å². The van der Waals surface area contributed by atoms with Crippen LogP contribution in [0.1, 0.15) is 22.3 Å². The number of aromatic nitrogens is 2. The van der Waals surface area contributed by atoms with Crippen LogP contribution in [0.4, 0.5) is 0 Å². The maximum Gasteiger partial charge on any atom is 0.0893 e. The van der Waals surface area contributed by atoms with Gasteiger partial charge in [-0.1, -0.05) is 152 Å². The van der Waals surface area contributed by atoms with E-state index in [0.29, 0.717) is 0 Å². The second kappa shape index (κ2) is 11.4. The Bertz CT molecular complexity index is 3170. The van der Waals surface area contributed by atoms with Crippen LogP contribution in [0, 0.1) is 0 Å². The molecule has 2 aliphatic rings. The number of fused-ring (bicyclic) bond motifs is 17. The minimum atomic E-state index is -0.503. The highest BCUT2D eigenvalue weighted by Crippen LogP contribution is 2.67. The SMILES string of the molecule is c1ccc(-c2cccc(-c3cccc(-c4cc5c(c6ccccc46)C4(c6ccccc6-c6ccccc64)c4c-5c5ccccc5c5ccccc45)c3)n2)nc1. The second-order valence-corrected chi connectivity index (χ2v) is 14.8. The Kier molecular flexibility index (Phi) is 6.29. The van der Waals surface area contributed by atoms with Crippen LogP contribution in [0.3, 0.4) is 0 Å². The summed E-state index contributed by atoms with van der Waals surface area (Å²) in [5, 5.41) is 7.72. The summed E-state index contributed by atoms with van der Waals surface area (Å²) in [7, 11) is 0. The molecule has 10 aromatic rings. The Balaban J connectivity index is 1.21. The first-order valence-electron chi connectivity index (χ1n) is 19.0. The number of rotatable bonds is 3. The van der Waals surface area contributed by atoms with Crippen LogP contribution < -0.4 is 0 Å². The quantitative estimate of drug-likeness (QED) is 0.172. The average Bonchev–Trinajstić information content (AvgIpc) is 3.74. The van der Waals surface area contributed by atoms with Crippen molar-refractivity contribution in [1.82, 2.24) is 9.97 Å². The third-order valence-corrected chi connectivity index (χ3v) is 12.1. The maximum absolute atomic E-state index is 5.09.